The maximum atomic E-state index is 12.1. The average molecular weight is 371 g/mol. The van der Waals surface area contributed by atoms with Gasteiger partial charge in [0.15, 0.2) is 5.92 Å². The predicted octanol–water partition coefficient (Wildman–Crippen LogP) is 3.51. The maximum absolute atomic E-state index is 12.1. The summed E-state index contributed by atoms with van der Waals surface area (Å²) < 4.78 is 14.8. The van der Waals surface area contributed by atoms with Crippen molar-refractivity contribution in [1.82, 2.24) is 0 Å². The lowest BCUT2D eigenvalue weighted by molar-refractivity contribution is -0.159. The van der Waals surface area contributed by atoms with E-state index >= 15 is 0 Å². The van der Waals surface area contributed by atoms with Crippen LogP contribution in [0.2, 0.25) is 0 Å². The maximum Gasteiger partial charge on any atom is 0.320 e. The van der Waals surface area contributed by atoms with Gasteiger partial charge in [-0.1, -0.05) is 24.3 Å². The first-order valence-electron chi connectivity index (χ1n) is 8.62. The largest absolute Gasteiger partial charge is 0.497 e. The fraction of sp³-hybridized carbons (Fsp3) is 0.333. The number of nitrogens with one attached hydrogen (secondary N) is 1. The number of rotatable bonds is 8. The summed E-state index contributed by atoms with van der Waals surface area (Å²) in [7, 11) is 4.13. The van der Waals surface area contributed by atoms with Crippen LogP contribution < -0.4 is 10.1 Å². The summed E-state index contributed by atoms with van der Waals surface area (Å²) in [4.78, 5) is 24.3. The minimum absolute atomic E-state index is 0.205. The molecule has 0 aromatic heterocycles. The molecule has 0 radical (unpaired) electrons. The lowest BCUT2D eigenvalue weighted by Crippen LogP contribution is -2.30. The normalized spacial score (nSPS) is 11.6. The second kappa shape index (κ2) is 9.62. The minimum Gasteiger partial charge on any atom is -0.497 e. The van der Waals surface area contributed by atoms with Crippen LogP contribution in [0.3, 0.4) is 0 Å². The quantitative estimate of drug-likeness (QED) is 0.565. The lowest BCUT2D eigenvalue weighted by atomic mass is 9.91. The van der Waals surface area contributed by atoms with Gasteiger partial charge in [-0.25, -0.2) is 0 Å². The van der Waals surface area contributed by atoms with Crippen molar-refractivity contribution in [2.75, 3.05) is 26.6 Å². The van der Waals surface area contributed by atoms with E-state index in [4.69, 9.17) is 14.2 Å². The number of benzene rings is 2. The first-order valence-corrected chi connectivity index (χ1v) is 8.62. The highest BCUT2D eigenvalue weighted by Crippen LogP contribution is 2.30. The van der Waals surface area contributed by atoms with E-state index in [1.165, 1.54) is 14.2 Å². The van der Waals surface area contributed by atoms with Crippen molar-refractivity contribution in [1.29, 1.82) is 0 Å². The van der Waals surface area contributed by atoms with Crippen molar-refractivity contribution >= 4 is 17.6 Å². The molecule has 1 atom stereocenters. The van der Waals surface area contributed by atoms with Crippen molar-refractivity contribution in [3.63, 3.8) is 0 Å². The molecule has 2 aromatic carbocycles. The zero-order valence-corrected chi connectivity index (χ0v) is 16.0. The highest BCUT2D eigenvalue weighted by molar-refractivity contribution is 5.94. The van der Waals surface area contributed by atoms with Gasteiger partial charge in [0.2, 0.25) is 0 Å². The Morgan fingerprint density at radius 2 is 1.52 bits per heavy atom. The molecule has 0 spiro atoms. The molecule has 6 nitrogen and oxygen atoms in total. The van der Waals surface area contributed by atoms with Gasteiger partial charge in [0.1, 0.15) is 5.75 Å². The molecule has 6 heteroatoms. The van der Waals surface area contributed by atoms with Crippen LogP contribution in [0.15, 0.2) is 48.5 Å². The van der Waals surface area contributed by atoms with Crippen LogP contribution in [-0.4, -0.2) is 33.3 Å². The highest BCUT2D eigenvalue weighted by atomic mass is 16.5. The summed E-state index contributed by atoms with van der Waals surface area (Å²) in [5.74, 6) is -1.50. The van der Waals surface area contributed by atoms with Crippen LogP contribution in [0.25, 0.3) is 0 Å². The van der Waals surface area contributed by atoms with Crippen LogP contribution in [-0.2, 0) is 19.1 Å². The van der Waals surface area contributed by atoms with Crippen LogP contribution in [0.4, 0.5) is 5.69 Å². The molecule has 1 N–H and O–H groups in total. The topological polar surface area (TPSA) is 73.9 Å². The van der Waals surface area contributed by atoms with E-state index in [1.54, 1.807) is 7.11 Å². The monoisotopic (exact) mass is 371 g/mol. The summed E-state index contributed by atoms with van der Waals surface area (Å²) in [6.07, 6.45) is 0.205. The second-order valence-electron chi connectivity index (χ2n) is 6.12. The van der Waals surface area contributed by atoms with Crippen molar-refractivity contribution in [2.45, 2.75) is 19.4 Å². The van der Waals surface area contributed by atoms with E-state index in [0.29, 0.717) is 0 Å². The van der Waals surface area contributed by atoms with Crippen molar-refractivity contribution in [3.8, 4) is 5.75 Å². The molecular weight excluding hydrogens is 346 g/mol. The first kappa shape index (κ1) is 20.3. The summed E-state index contributed by atoms with van der Waals surface area (Å²) in [6.45, 7) is 1.99. The zero-order chi connectivity index (χ0) is 19.8. The number of anilines is 1. The zero-order valence-electron chi connectivity index (χ0n) is 16.0. The molecule has 2 aromatic rings. The van der Waals surface area contributed by atoms with Gasteiger partial charge in [0, 0.05) is 5.69 Å². The molecule has 0 amide bonds. The highest BCUT2D eigenvalue weighted by Gasteiger charge is 2.32. The van der Waals surface area contributed by atoms with E-state index < -0.39 is 17.9 Å². The SMILES string of the molecule is COC(=O)C(C[C@H](Nc1ccc(OC)cc1)c1ccccc1C)C(=O)OC. The lowest BCUT2D eigenvalue weighted by Gasteiger charge is -2.25. The molecule has 0 fully saturated rings. The molecule has 0 saturated carbocycles. The number of ether oxygens (including phenoxy) is 3. The Morgan fingerprint density at radius 3 is 2.04 bits per heavy atom. The van der Waals surface area contributed by atoms with Crippen molar-refractivity contribution < 1.29 is 23.8 Å². The number of hydrogen-bond donors (Lipinski definition) is 1. The second-order valence-corrected chi connectivity index (χ2v) is 6.12. The van der Waals surface area contributed by atoms with E-state index in [-0.39, 0.29) is 12.5 Å². The molecule has 144 valence electrons. The van der Waals surface area contributed by atoms with Crippen molar-refractivity contribution in [2.24, 2.45) is 5.92 Å². The third-order valence-corrected chi connectivity index (χ3v) is 4.44. The molecule has 0 unspecified atom stereocenters. The molecule has 2 rings (SSSR count). The third-order valence-electron chi connectivity index (χ3n) is 4.44. The Bertz CT molecular complexity index is 756. The molecule has 0 heterocycles. The fourth-order valence-corrected chi connectivity index (χ4v) is 2.94. The van der Waals surface area contributed by atoms with Crippen LogP contribution >= 0.6 is 0 Å². The smallest absolute Gasteiger partial charge is 0.320 e. The Hall–Kier alpha value is -3.02. The van der Waals surface area contributed by atoms with Gasteiger partial charge in [-0.05, 0) is 48.7 Å². The van der Waals surface area contributed by atoms with E-state index in [0.717, 1.165) is 22.6 Å². The molecule has 0 saturated heterocycles. The first-order chi connectivity index (χ1) is 13.0. The number of methoxy groups -OCH3 is 3. The standard InChI is InChI=1S/C21H25NO5/c1-14-7-5-6-8-17(14)19(13-18(20(23)26-3)21(24)27-4)22-15-9-11-16(25-2)12-10-15/h5-12,18-19,22H,13H2,1-4H3/t19-/m0/s1. The number of esters is 2. The van der Waals surface area contributed by atoms with Crippen LogP contribution in [0.1, 0.15) is 23.6 Å². The van der Waals surface area contributed by atoms with Crippen LogP contribution in [0, 0.1) is 12.8 Å². The van der Waals surface area contributed by atoms with Gasteiger partial charge in [-0.15, -0.1) is 0 Å². The number of carbonyl (C=O) groups excluding carboxylic acids is 2. The van der Waals surface area contributed by atoms with Gasteiger partial charge in [-0.3, -0.25) is 9.59 Å². The Balaban J connectivity index is 2.35. The van der Waals surface area contributed by atoms with Gasteiger partial charge in [0.25, 0.3) is 0 Å². The number of aryl methyl sites for hydroxylation is 1. The van der Waals surface area contributed by atoms with Gasteiger partial charge in [0.05, 0.1) is 27.4 Å². The summed E-state index contributed by atoms with van der Waals surface area (Å²) in [5.41, 5.74) is 2.89. The molecule has 27 heavy (non-hydrogen) atoms. The van der Waals surface area contributed by atoms with Gasteiger partial charge in [-0.2, -0.15) is 0 Å². The Kier molecular flexibility index (Phi) is 7.23. The Morgan fingerprint density at radius 1 is 0.926 bits per heavy atom. The van der Waals surface area contributed by atoms with Crippen molar-refractivity contribution in [3.05, 3.63) is 59.7 Å². The molecule has 0 bridgehead atoms. The van der Waals surface area contributed by atoms with E-state index in [2.05, 4.69) is 5.32 Å². The predicted molar refractivity (Wildman–Crippen MR) is 103 cm³/mol. The fourth-order valence-electron chi connectivity index (χ4n) is 2.94. The molecule has 0 aliphatic rings. The van der Waals surface area contributed by atoms with Crippen LogP contribution in [0.5, 0.6) is 5.75 Å². The number of hydrogen-bond acceptors (Lipinski definition) is 6. The van der Waals surface area contributed by atoms with Gasteiger partial charge >= 0.3 is 11.9 Å². The van der Waals surface area contributed by atoms with E-state index in [1.807, 2.05) is 55.5 Å². The molecule has 0 aliphatic carbocycles. The van der Waals surface area contributed by atoms with E-state index in [9.17, 15) is 9.59 Å². The third kappa shape index (κ3) is 5.23. The minimum atomic E-state index is -1.02. The summed E-state index contributed by atoms with van der Waals surface area (Å²) in [6, 6.07) is 15.0. The average Bonchev–Trinajstić information content (AvgIpc) is 2.71. The van der Waals surface area contributed by atoms with Gasteiger partial charge < -0.3 is 19.5 Å². The molecule has 0 aliphatic heterocycles. The summed E-state index contributed by atoms with van der Waals surface area (Å²) >= 11 is 0. The Labute approximate surface area is 159 Å². The molecular formula is C21H25NO5. The number of carbonyl (C=O) groups is 2. The summed E-state index contributed by atoms with van der Waals surface area (Å²) in [5, 5.41) is 3.40.